The first-order chi connectivity index (χ1) is 5.91. The number of unbranched alkanes of at least 4 members (excludes halogenated alkanes) is 3. The molecule has 2 heteroatoms. The fraction of sp³-hybridized carbons (Fsp3) is 0.700. The van der Waals surface area contributed by atoms with E-state index in [4.69, 9.17) is 4.74 Å². The summed E-state index contributed by atoms with van der Waals surface area (Å²) in [6.45, 7) is 3.00. The van der Waals surface area contributed by atoms with Gasteiger partial charge in [0.05, 0.1) is 0 Å². The second-order valence-electron chi connectivity index (χ2n) is 2.66. The molecule has 0 fully saturated rings. The monoisotopic (exact) mass is 170 g/mol. The van der Waals surface area contributed by atoms with E-state index in [1.54, 1.807) is 0 Å². The van der Waals surface area contributed by atoms with Gasteiger partial charge < -0.3 is 9.53 Å². The van der Waals surface area contributed by atoms with E-state index in [-0.39, 0.29) is 6.61 Å². The molecule has 0 saturated heterocycles. The first-order valence-corrected chi connectivity index (χ1v) is 4.54. The minimum Gasteiger partial charge on any atom is -0.374 e. The van der Waals surface area contributed by atoms with E-state index in [0.717, 1.165) is 19.1 Å². The van der Waals surface area contributed by atoms with Gasteiger partial charge in [0.25, 0.3) is 0 Å². The lowest BCUT2D eigenvalue weighted by molar-refractivity contribution is -0.111. The van der Waals surface area contributed by atoms with Crippen molar-refractivity contribution in [3.8, 4) is 0 Å². The number of ether oxygens (including phenoxy) is 1. The normalized spacial score (nSPS) is 10.8. The molecule has 0 aliphatic rings. The van der Waals surface area contributed by atoms with E-state index < -0.39 is 0 Å². The van der Waals surface area contributed by atoms with Crippen molar-refractivity contribution in [3.05, 3.63) is 12.2 Å². The van der Waals surface area contributed by atoms with Crippen molar-refractivity contribution in [3.63, 3.8) is 0 Å². The van der Waals surface area contributed by atoms with Gasteiger partial charge in [-0.25, -0.2) is 0 Å². The van der Waals surface area contributed by atoms with Crippen LogP contribution >= 0.6 is 0 Å². The Balaban J connectivity index is 2.86. The molecule has 0 aromatic rings. The van der Waals surface area contributed by atoms with Crippen molar-refractivity contribution in [2.24, 2.45) is 0 Å². The van der Waals surface area contributed by atoms with Gasteiger partial charge in [0, 0.05) is 6.61 Å². The van der Waals surface area contributed by atoms with Crippen molar-refractivity contribution in [1.29, 1.82) is 0 Å². The van der Waals surface area contributed by atoms with E-state index in [0.29, 0.717) is 6.61 Å². The Morgan fingerprint density at radius 2 is 2.08 bits per heavy atom. The van der Waals surface area contributed by atoms with Crippen molar-refractivity contribution in [2.75, 3.05) is 13.2 Å². The fourth-order valence-electron chi connectivity index (χ4n) is 0.941. The van der Waals surface area contributed by atoms with Crippen molar-refractivity contribution in [1.82, 2.24) is 0 Å². The Morgan fingerprint density at radius 1 is 1.25 bits per heavy atom. The molecule has 0 heterocycles. The summed E-state index contributed by atoms with van der Waals surface area (Å²) in [5, 5.41) is 0. The first kappa shape index (κ1) is 11.4. The first-order valence-electron chi connectivity index (χ1n) is 4.54. The number of rotatable bonds is 8. The summed E-state index contributed by atoms with van der Waals surface area (Å²) in [6.07, 6.45) is 9.66. The van der Waals surface area contributed by atoms with E-state index in [1.165, 1.54) is 12.8 Å². The zero-order chi connectivity index (χ0) is 9.07. The predicted octanol–water partition coefficient (Wildman–Crippen LogP) is 2.34. The van der Waals surface area contributed by atoms with Crippen LogP contribution in [0.25, 0.3) is 0 Å². The van der Waals surface area contributed by atoms with Gasteiger partial charge in [-0.05, 0) is 26.2 Å². The number of carbonyl (C=O) groups is 1. The van der Waals surface area contributed by atoms with Crippen LogP contribution in [0.5, 0.6) is 0 Å². The molecular formula is C10H18O2. The molecule has 0 spiro atoms. The topological polar surface area (TPSA) is 26.3 Å². The number of allylic oxidation sites excluding steroid dienone is 2. The Hall–Kier alpha value is -0.630. The fourth-order valence-corrected chi connectivity index (χ4v) is 0.941. The molecule has 0 bridgehead atoms. The summed E-state index contributed by atoms with van der Waals surface area (Å²) in [5.41, 5.74) is 0. The van der Waals surface area contributed by atoms with Crippen LogP contribution in [-0.4, -0.2) is 19.5 Å². The van der Waals surface area contributed by atoms with Gasteiger partial charge in [-0.15, -0.1) is 0 Å². The van der Waals surface area contributed by atoms with Gasteiger partial charge in [0.15, 0.2) is 0 Å². The average molecular weight is 170 g/mol. The molecule has 0 atom stereocenters. The third-order valence-electron chi connectivity index (χ3n) is 1.58. The second kappa shape index (κ2) is 10.4. The third-order valence-corrected chi connectivity index (χ3v) is 1.58. The Kier molecular flexibility index (Phi) is 9.83. The minimum atomic E-state index is 0.245. The highest BCUT2D eigenvalue weighted by Gasteiger charge is 1.87. The second-order valence-corrected chi connectivity index (χ2v) is 2.66. The molecule has 70 valence electrons. The lowest BCUT2D eigenvalue weighted by Crippen LogP contribution is -1.97. The van der Waals surface area contributed by atoms with E-state index in [1.807, 2.05) is 6.92 Å². The largest absolute Gasteiger partial charge is 0.374 e. The number of aldehydes is 1. The van der Waals surface area contributed by atoms with Crippen molar-refractivity contribution in [2.45, 2.75) is 32.6 Å². The molecule has 2 nitrogen and oxygen atoms in total. The van der Waals surface area contributed by atoms with Gasteiger partial charge in [-0.1, -0.05) is 18.6 Å². The molecule has 0 radical (unpaired) electrons. The molecule has 0 saturated carbocycles. The summed E-state index contributed by atoms with van der Waals surface area (Å²) in [5.74, 6) is 0. The molecule has 0 rings (SSSR count). The van der Waals surface area contributed by atoms with Gasteiger partial charge in [0.1, 0.15) is 12.9 Å². The zero-order valence-corrected chi connectivity index (χ0v) is 7.79. The SMILES string of the molecule is CC=CCCCCCOCC=O. The molecular weight excluding hydrogens is 152 g/mol. The molecule has 0 aliphatic heterocycles. The third kappa shape index (κ3) is 9.37. The van der Waals surface area contributed by atoms with Crippen LogP contribution in [0.2, 0.25) is 0 Å². The van der Waals surface area contributed by atoms with Crippen molar-refractivity contribution >= 4 is 6.29 Å². The van der Waals surface area contributed by atoms with Gasteiger partial charge in [-0.2, -0.15) is 0 Å². The number of hydrogen-bond donors (Lipinski definition) is 0. The summed E-state index contributed by atoms with van der Waals surface area (Å²) in [4.78, 5) is 9.84. The Morgan fingerprint density at radius 3 is 2.75 bits per heavy atom. The predicted molar refractivity (Wildman–Crippen MR) is 50.2 cm³/mol. The standard InChI is InChI=1S/C10H18O2/c1-2-3-4-5-6-7-9-12-10-8-11/h2-3,8H,4-7,9-10H2,1H3. The van der Waals surface area contributed by atoms with E-state index >= 15 is 0 Å². The quantitative estimate of drug-likeness (QED) is 0.317. The number of carbonyl (C=O) groups excluding carboxylic acids is 1. The highest BCUT2D eigenvalue weighted by atomic mass is 16.5. The smallest absolute Gasteiger partial charge is 0.145 e. The summed E-state index contributed by atoms with van der Waals surface area (Å²) < 4.78 is 5.00. The van der Waals surface area contributed by atoms with Crippen LogP contribution in [0.1, 0.15) is 32.6 Å². The molecule has 0 unspecified atom stereocenters. The highest BCUT2D eigenvalue weighted by molar-refractivity contribution is 5.50. The zero-order valence-electron chi connectivity index (χ0n) is 7.79. The Labute approximate surface area is 74.6 Å². The van der Waals surface area contributed by atoms with Crippen LogP contribution in [0.15, 0.2) is 12.2 Å². The number of hydrogen-bond acceptors (Lipinski definition) is 2. The molecule has 0 aromatic carbocycles. The maximum atomic E-state index is 9.84. The lowest BCUT2D eigenvalue weighted by Gasteiger charge is -1.98. The van der Waals surface area contributed by atoms with Crippen molar-refractivity contribution < 1.29 is 9.53 Å². The highest BCUT2D eigenvalue weighted by Crippen LogP contribution is 2.00. The molecule has 0 amide bonds. The van der Waals surface area contributed by atoms with Crippen LogP contribution in [-0.2, 0) is 9.53 Å². The van der Waals surface area contributed by atoms with Crippen LogP contribution in [0.3, 0.4) is 0 Å². The summed E-state index contributed by atoms with van der Waals surface area (Å²) in [7, 11) is 0. The van der Waals surface area contributed by atoms with E-state index in [9.17, 15) is 4.79 Å². The van der Waals surface area contributed by atoms with Gasteiger partial charge in [0.2, 0.25) is 0 Å². The molecule has 0 aliphatic carbocycles. The Bertz CT molecular complexity index is 119. The van der Waals surface area contributed by atoms with E-state index in [2.05, 4.69) is 12.2 Å². The lowest BCUT2D eigenvalue weighted by atomic mass is 10.2. The van der Waals surface area contributed by atoms with Crippen LogP contribution in [0.4, 0.5) is 0 Å². The van der Waals surface area contributed by atoms with Gasteiger partial charge in [-0.3, -0.25) is 0 Å². The molecule has 0 aromatic heterocycles. The van der Waals surface area contributed by atoms with Gasteiger partial charge >= 0.3 is 0 Å². The summed E-state index contributed by atoms with van der Waals surface area (Å²) >= 11 is 0. The van der Waals surface area contributed by atoms with Crippen LogP contribution in [0, 0.1) is 0 Å². The van der Waals surface area contributed by atoms with Crippen LogP contribution < -0.4 is 0 Å². The molecule has 12 heavy (non-hydrogen) atoms. The minimum absolute atomic E-state index is 0.245. The summed E-state index contributed by atoms with van der Waals surface area (Å²) in [6, 6.07) is 0. The molecule has 0 N–H and O–H groups in total. The maximum absolute atomic E-state index is 9.84. The average Bonchev–Trinajstić information content (AvgIpc) is 2.10. The maximum Gasteiger partial charge on any atom is 0.145 e.